The number of carboxylic acid groups (broad SMARTS) is 1. The average Bonchev–Trinajstić information content (AvgIpc) is 3.17. The van der Waals surface area contributed by atoms with E-state index in [1.54, 1.807) is 29.4 Å². The van der Waals surface area contributed by atoms with Crippen molar-refractivity contribution >= 4 is 16.9 Å². The summed E-state index contributed by atoms with van der Waals surface area (Å²) in [6.45, 7) is 1.97. The molecule has 7 heteroatoms. The summed E-state index contributed by atoms with van der Waals surface area (Å²) in [4.78, 5) is 22.7. The Hall–Kier alpha value is -2.80. The number of aromatic nitrogens is 3. The molecule has 0 spiro atoms. The van der Waals surface area contributed by atoms with Crippen LogP contribution in [0.5, 0.6) is 0 Å². The van der Waals surface area contributed by atoms with E-state index < -0.39 is 11.5 Å². The molecule has 1 aromatic carbocycles. The van der Waals surface area contributed by atoms with Crippen LogP contribution in [0.2, 0.25) is 0 Å². The number of carboxylic acids is 1. The van der Waals surface area contributed by atoms with Crippen LogP contribution in [-0.4, -0.2) is 43.6 Å². The molecular formula is C19H19FN4O2. The first-order chi connectivity index (χ1) is 12.6. The fourth-order valence-electron chi connectivity index (χ4n) is 3.63. The van der Waals surface area contributed by atoms with Gasteiger partial charge in [-0.1, -0.05) is 6.07 Å². The Kier molecular flexibility index (Phi) is 4.16. The monoisotopic (exact) mass is 354 g/mol. The summed E-state index contributed by atoms with van der Waals surface area (Å²) in [6.07, 6.45) is 5.93. The van der Waals surface area contributed by atoms with Crippen LogP contribution in [-0.2, 0) is 16.9 Å². The number of aliphatic carboxylic acids is 1. The van der Waals surface area contributed by atoms with Gasteiger partial charge in [-0.3, -0.25) is 9.88 Å². The van der Waals surface area contributed by atoms with E-state index in [0.29, 0.717) is 32.5 Å². The van der Waals surface area contributed by atoms with Gasteiger partial charge in [-0.15, -0.1) is 0 Å². The molecule has 0 unspecified atom stereocenters. The van der Waals surface area contributed by atoms with E-state index in [4.69, 9.17) is 0 Å². The molecule has 0 bridgehead atoms. The zero-order valence-electron chi connectivity index (χ0n) is 14.2. The molecule has 1 fully saturated rings. The molecule has 3 aromatic rings. The number of likely N-dealkylation sites (tertiary alicyclic amines) is 1. The number of nitrogens with zero attached hydrogens (tertiary/aromatic N) is 4. The van der Waals surface area contributed by atoms with Crippen molar-refractivity contribution in [3.63, 3.8) is 0 Å². The fourth-order valence-corrected chi connectivity index (χ4v) is 3.63. The number of carbonyl (C=O) groups is 1. The topological polar surface area (TPSA) is 71.2 Å². The molecule has 0 radical (unpaired) electrons. The van der Waals surface area contributed by atoms with E-state index in [1.165, 1.54) is 12.1 Å². The molecule has 1 aliphatic rings. The lowest BCUT2D eigenvalue weighted by atomic mass is 9.87. The fraction of sp³-hybridized carbons (Fsp3) is 0.316. The van der Waals surface area contributed by atoms with Crippen LogP contribution in [0, 0.1) is 5.82 Å². The molecular weight excluding hydrogens is 335 g/mol. The number of rotatable bonds is 4. The lowest BCUT2D eigenvalue weighted by molar-refractivity contribution is -0.150. The summed E-state index contributed by atoms with van der Waals surface area (Å²) in [5.74, 6) is -1.09. The molecule has 0 amide bonds. The lowest BCUT2D eigenvalue weighted by Crippen LogP contribution is -2.50. The van der Waals surface area contributed by atoms with Crippen LogP contribution >= 0.6 is 0 Å². The molecule has 134 valence electrons. The highest BCUT2D eigenvalue weighted by Gasteiger charge is 2.43. The number of imidazole rings is 1. The smallest absolute Gasteiger partial charge is 0.330 e. The van der Waals surface area contributed by atoms with Crippen molar-refractivity contribution in [2.24, 2.45) is 0 Å². The molecule has 1 aliphatic heterocycles. The Balaban J connectivity index is 1.48. The van der Waals surface area contributed by atoms with Crippen LogP contribution in [0.25, 0.3) is 10.9 Å². The predicted molar refractivity (Wildman–Crippen MR) is 94.0 cm³/mol. The Morgan fingerprint density at radius 2 is 2.04 bits per heavy atom. The van der Waals surface area contributed by atoms with Gasteiger partial charge in [0.1, 0.15) is 11.4 Å². The highest BCUT2D eigenvalue weighted by molar-refractivity contribution is 5.78. The van der Waals surface area contributed by atoms with Crippen LogP contribution in [0.3, 0.4) is 0 Å². The van der Waals surface area contributed by atoms with Crippen molar-refractivity contribution < 1.29 is 14.3 Å². The standard InChI is InChI=1S/C19H19FN4O2/c20-15-2-4-17-14(11-15)1-3-16(22-17)12-23-8-5-19(6-9-23,18(25)26)24-10-7-21-13-24/h1-4,7,10-11,13H,5-6,8-9,12H2,(H,25,26). The molecule has 1 saturated heterocycles. The minimum Gasteiger partial charge on any atom is -0.479 e. The summed E-state index contributed by atoms with van der Waals surface area (Å²) in [7, 11) is 0. The van der Waals surface area contributed by atoms with Crippen molar-refractivity contribution in [1.29, 1.82) is 0 Å². The second kappa shape index (κ2) is 6.49. The first-order valence-electron chi connectivity index (χ1n) is 8.56. The van der Waals surface area contributed by atoms with E-state index in [9.17, 15) is 14.3 Å². The number of hydrogen-bond donors (Lipinski definition) is 1. The van der Waals surface area contributed by atoms with Crippen molar-refractivity contribution in [2.75, 3.05) is 13.1 Å². The van der Waals surface area contributed by atoms with Gasteiger partial charge < -0.3 is 9.67 Å². The maximum atomic E-state index is 13.3. The van der Waals surface area contributed by atoms with E-state index in [1.807, 2.05) is 12.1 Å². The van der Waals surface area contributed by atoms with Crippen LogP contribution in [0.4, 0.5) is 4.39 Å². The molecule has 3 heterocycles. The summed E-state index contributed by atoms with van der Waals surface area (Å²) in [5.41, 5.74) is 0.732. The highest BCUT2D eigenvalue weighted by Crippen LogP contribution is 2.31. The number of piperidine rings is 1. The van der Waals surface area contributed by atoms with E-state index in [-0.39, 0.29) is 5.82 Å². The largest absolute Gasteiger partial charge is 0.479 e. The van der Waals surface area contributed by atoms with E-state index >= 15 is 0 Å². The molecule has 4 rings (SSSR count). The third kappa shape index (κ3) is 2.94. The summed E-state index contributed by atoms with van der Waals surface area (Å²) >= 11 is 0. The third-order valence-electron chi connectivity index (χ3n) is 5.17. The number of fused-ring (bicyclic) bond motifs is 1. The average molecular weight is 354 g/mol. The van der Waals surface area contributed by atoms with Crippen LogP contribution in [0.15, 0.2) is 49.1 Å². The first kappa shape index (κ1) is 16.7. The zero-order valence-corrected chi connectivity index (χ0v) is 14.2. The Bertz CT molecular complexity index is 934. The van der Waals surface area contributed by atoms with Gasteiger partial charge in [-0.2, -0.15) is 0 Å². The quantitative estimate of drug-likeness (QED) is 0.780. The second-order valence-corrected chi connectivity index (χ2v) is 6.72. The van der Waals surface area contributed by atoms with Gasteiger partial charge in [0.05, 0.1) is 17.5 Å². The number of halogens is 1. The van der Waals surface area contributed by atoms with E-state index in [2.05, 4.69) is 14.9 Å². The highest BCUT2D eigenvalue weighted by atomic mass is 19.1. The van der Waals surface area contributed by atoms with Crippen molar-refractivity contribution in [3.05, 3.63) is 60.6 Å². The molecule has 0 aliphatic carbocycles. The summed E-state index contributed by atoms with van der Waals surface area (Å²) in [6, 6.07) is 8.33. The van der Waals surface area contributed by atoms with Gasteiger partial charge >= 0.3 is 5.97 Å². The zero-order chi connectivity index (χ0) is 18.1. The molecule has 0 atom stereocenters. The van der Waals surface area contributed by atoms with Crippen molar-refractivity contribution in [3.8, 4) is 0 Å². The normalized spacial score (nSPS) is 17.4. The molecule has 0 saturated carbocycles. The molecule has 6 nitrogen and oxygen atoms in total. The predicted octanol–water partition coefficient (Wildman–Crippen LogP) is 2.65. The number of pyridine rings is 1. The molecule has 26 heavy (non-hydrogen) atoms. The maximum absolute atomic E-state index is 13.3. The van der Waals surface area contributed by atoms with Gasteiger partial charge in [-0.05, 0) is 37.1 Å². The van der Waals surface area contributed by atoms with Crippen LogP contribution < -0.4 is 0 Å². The Morgan fingerprint density at radius 3 is 2.73 bits per heavy atom. The minimum absolute atomic E-state index is 0.271. The summed E-state index contributed by atoms with van der Waals surface area (Å²) < 4.78 is 15.0. The van der Waals surface area contributed by atoms with Gasteiger partial charge in [0.25, 0.3) is 0 Å². The van der Waals surface area contributed by atoms with Gasteiger partial charge in [-0.25, -0.2) is 14.2 Å². The lowest BCUT2D eigenvalue weighted by Gasteiger charge is -2.39. The Morgan fingerprint density at radius 1 is 1.23 bits per heavy atom. The number of hydrogen-bond acceptors (Lipinski definition) is 4. The minimum atomic E-state index is -0.929. The molecule has 2 aromatic heterocycles. The van der Waals surface area contributed by atoms with E-state index in [0.717, 1.165) is 16.6 Å². The third-order valence-corrected chi connectivity index (χ3v) is 5.17. The van der Waals surface area contributed by atoms with Gasteiger partial charge in [0, 0.05) is 37.4 Å². The Labute approximate surface area is 149 Å². The van der Waals surface area contributed by atoms with Crippen molar-refractivity contribution in [1.82, 2.24) is 19.4 Å². The van der Waals surface area contributed by atoms with Gasteiger partial charge in [0.2, 0.25) is 0 Å². The SMILES string of the molecule is O=C(O)C1(n2ccnc2)CCN(Cc2ccc3cc(F)ccc3n2)CC1. The first-order valence-corrected chi connectivity index (χ1v) is 8.56. The maximum Gasteiger partial charge on any atom is 0.330 e. The summed E-state index contributed by atoms with van der Waals surface area (Å²) in [5, 5.41) is 10.5. The van der Waals surface area contributed by atoms with Gasteiger partial charge in [0.15, 0.2) is 0 Å². The van der Waals surface area contributed by atoms with Crippen LogP contribution in [0.1, 0.15) is 18.5 Å². The second-order valence-electron chi connectivity index (χ2n) is 6.72. The molecule has 1 N–H and O–H groups in total. The number of benzene rings is 1. The van der Waals surface area contributed by atoms with Crippen molar-refractivity contribution in [2.45, 2.75) is 24.9 Å².